The first-order chi connectivity index (χ1) is 13.7. The second-order valence-electron chi connectivity index (χ2n) is 10.3. The Morgan fingerprint density at radius 1 is 1.31 bits per heavy atom. The summed E-state index contributed by atoms with van der Waals surface area (Å²) < 4.78 is 1.91. The summed E-state index contributed by atoms with van der Waals surface area (Å²) in [5.41, 5.74) is 1.08. The zero-order chi connectivity index (χ0) is 20.8. The molecule has 156 valence electrons. The quantitative estimate of drug-likeness (QED) is 0.796. The van der Waals surface area contributed by atoms with Crippen LogP contribution in [0.2, 0.25) is 0 Å². The van der Waals surface area contributed by atoms with Crippen molar-refractivity contribution >= 4 is 17.6 Å². The number of rotatable bonds is 2. The first-order valence-corrected chi connectivity index (χ1v) is 10.8. The van der Waals surface area contributed by atoms with Crippen molar-refractivity contribution in [3.63, 3.8) is 0 Å². The molecule has 29 heavy (non-hydrogen) atoms. The molecule has 5 rings (SSSR count). The molecule has 0 bridgehead atoms. The third-order valence-corrected chi connectivity index (χ3v) is 9.12. The molecule has 6 heteroatoms. The molecule has 1 aromatic rings. The predicted molar refractivity (Wildman–Crippen MR) is 107 cm³/mol. The standard InChI is InChI=1S/C23H30N2O4/c1-21-9-13-11-24-25(3)17(13)8-14(21)4-5-15-16-6-7-23(29,19(28)12-26)22(16,2)10-18(27)20(15)21/h8,11,15-16,20,26,29H,4-7,9-10,12H2,1-3H3/t15-,16-,20+,21-,22-,23-/m0/s1. The second kappa shape index (κ2) is 5.88. The number of aryl methyl sites for hydroxylation is 1. The molecule has 0 amide bonds. The molecule has 2 N–H and O–H groups in total. The van der Waals surface area contributed by atoms with Gasteiger partial charge in [-0.3, -0.25) is 14.3 Å². The van der Waals surface area contributed by atoms with Gasteiger partial charge in [0.15, 0.2) is 5.78 Å². The van der Waals surface area contributed by atoms with E-state index in [1.807, 2.05) is 24.9 Å². The summed E-state index contributed by atoms with van der Waals surface area (Å²) in [4.78, 5) is 26.1. The van der Waals surface area contributed by atoms with E-state index in [2.05, 4.69) is 18.1 Å². The number of ketones is 2. The fourth-order valence-electron chi connectivity index (χ4n) is 7.61. The first kappa shape index (κ1) is 19.2. The number of Topliss-reactive ketones (excluding diaryl/α,β-unsaturated/α-hetero) is 2. The largest absolute Gasteiger partial charge is 0.388 e. The molecule has 0 spiro atoms. The minimum Gasteiger partial charge on any atom is -0.388 e. The number of allylic oxidation sites excluding steroid dienone is 1. The summed E-state index contributed by atoms with van der Waals surface area (Å²) in [6.07, 6.45) is 8.12. The fourth-order valence-corrected chi connectivity index (χ4v) is 7.61. The minimum atomic E-state index is -1.59. The summed E-state index contributed by atoms with van der Waals surface area (Å²) in [5, 5.41) is 25.1. The van der Waals surface area contributed by atoms with Crippen molar-refractivity contribution in [3.8, 4) is 0 Å². The SMILES string of the molecule is Cn1ncc2c1C=C1CC[C@@H]3[C@H](C(=O)C[C@@]4(C)[C@H]3CC[C@]4(O)C(=O)CO)[C@@]1(C)C2. The monoisotopic (exact) mass is 398 g/mol. The van der Waals surface area contributed by atoms with Crippen molar-refractivity contribution in [1.29, 1.82) is 0 Å². The van der Waals surface area contributed by atoms with Crippen LogP contribution < -0.4 is 0 Å². The molecule has 4 aliphatic carbocycles. The average Bonchev–Trinajstić information content (AvgIpc) is 3.16. The van der Waals surface area contributed by atoms with Crippen molar-refractivity contribution in [2.45, 2.75) is 58.0 Å². The maximum atomic E-state index is 13.6. The van der Waals surface area contributed by atoms with Crippen LogP contribution in [0.5, 0.6) is 0 Å². The maximum Gasteiger partial charge on any atom is 0.190 e. The molecular weight excluding hydrogens is 368 g/mol. The van der Waals surface area contributed by atoms with E-state index in [9.17, 15) is 19.8 Å². The van der Waals surface area contributed by atoms with Crippen LogP contribution in [0.1, 0.15) is 57.2 Å². The van der Waals surface area contributed by atoms with Gasteiger partial charge in [-0.25, -0.2) is 0 Å². The summed E-state index contributed by atoms with van der Waals surface area (Å²) in [7, 11) is 1.96. The van der Waals surface area contributed by atoms with Gasteiger partial charge in [-0.15, -0.1) is 0 Å². The molecule has 3 saturated carbocycles. The van der Waals surface area contributed by atoms with Crippen LogP contribution in [0.15, 0.2) is 11.8 Å². The van der Waals surface area contributed by atoms with Gasteiger partial charge in [-0.05, 0) is 55.6 Å². The third kappa shape index (κ3) is 2.22. The van der Waals surface area contributed by atoms with Crippen molar-refractivity contribution in [2.24, 2.45) is 35.6 Å². The van der Waals surface area contributed by atoms with Crippen LogP contribution in [-0.2, 0) is 23.1 Å². The third-order valence-electron chi connectivity index (χ3n) is 9.12. The number of aliphatic hydroxyl groups is 2. The first-order valence-electron chi connectivity index (χ1n) is 10.8. The zero-order valence-electron chi connectivity index (χ0n) is 17.4. The Bertz CT molecular complexity index is 949. The zero-order valence-corrected chi connectivity index (χ0v) is 17.4. The van der Waals surface area contributed by atoms with Gasteiger partial charge in [0.05, 0.1) is 11.9 Å². The van der Waals surface area contributed by atoms with Gasteiger partial charge in [0.1, 0.15) is 18.0 Å². The van der Waals surface area contributed by atoms with Gasteiger partial charge >= 0.3 is 0 Å². The fraction of sp³-hybridized carbons (Fsp3) is 0.696. The van der Waals surface area contributed by atoms with Crippen molar-refractivity contribution in [2.75, 3.05) is 6.61 Å². The number of carbonyl (C=O) groups is 2. The normalized spacial score (nSPS) is 43.1. The highest BCUT2D eigenvalue weighted by atomic mass is 16.3. The van der Waals surface area contributed by atoms with Crippen LogP contribution in [0.4, 0.5) is 0 Å². The number of aliphatic hydroxyl groups excluding tert-OH is 1. The summed E-state index contributed by atoms with van der Waals surface area (Å²) in [6, 6.07) is 0. The van der Waals surface area contributed by atoms with E-state index in [1.165, 1.54) is 11.1 Å². The summed E-state index contributed by atoms with van der Waals surface area (Å²) in [6.45, 7) is 3.46. The van der Waals surface area contributed by atoms with Crippen molar-refractivity contribution < 1.29 is 19.8 Å². The Hall–Kier alpha value is -1.79. The molecule has 0 unspecified atom stereocenters. The Balaban J connectivity index is 1.56. The topological polar surface area (TPSA) is 92.4 Å². The molecule has 6 nitrogen and oxygen atoms in total. The van der Waals surface area contributed by atoms with Gasteiger partial charge in [0.25, 0.3) is 0 Å². The molecule has 1 aromatic heterocycles. The molecule has 0 radical (unpaired) electrons. The van der Waals surface area contributed by atoms with Crippen molar-refractivity contribution in [1.82, 2.24) is 9.78 Å². The van der Waals surface area contributed by atoms with E-state index >= 15 is 0 Å². The van der Waals surface area contributed by atoms with E-state index in [4.69, 9.17) is 0 Å². The van der Waals surface area contributed by atoms with Crippen molar-refractivity contribution in [3.05, 3.63) is 23.0 Å². The number of hydrogen-bond donors (Lipinski definition) is 2. The van der Waals surface area contributed by atoms with E-state index < -0.39 is 23.4 Å². The Morgan fingerprint density at radius 3 is 2.79 bits per heavy atom. The van der Waals surface area contributed by atoms with E-state index in [-0.39, 0.29) is 35.4 Å². The van der Waals surface area contributed by atoms with E-state index in [0.717, 1.165) is 31.4 Å². The lowest BCUT2D eigenvalue weighted by Crippen LogP contribution is -2.61. The average molecular weight is 399 g/mol. The van der Waals surface area contributed by atoms with Crippen LogP contribution in [-0.4, -0.2) is 43.8 Å². The van der Waals surface area contributed by atoms with Crippen LogP contribution >= 0.6 is 0 Å². The number of hydrogen-bond acceptors (Lipinski definition) is 5. The van der Waals surface area contributed by atoms with Gasteiger partial charge in [-0.2, -0.15) is 5.10 Å². The van der Waals surface area contributed by atoms with Gasteiger partial charge in [-0.1, -0.05) is 19.4 Å². The number of aromatic nitrogens is 2. The highest BCUT2D eigenvalue weighted by molar-refractivity contribution is 5.92. The lowest BCUT2D eigenvalue weighted by atomic mass is 9.46. The van der Waals surface area contributed by atoms with E-state index in [0.29, 0.717) is 6.42 Å². The van der Waals surface area contributed by atoms with E-state index in [1.54, 1.807) is 0 Å². The summed E-state index contributed by atoms with van der Waals surface area (Å²) in [5.74, 6) is -0.156. The minimum absolute atomic E-state index is 0.0829. The molecule has 0 aliphatic heterocycles. The number of nitrogens with zero attached hydrogens (tertiary/aromatic N) is 2. The summed E-state index contributed by atoms with van der Waals surface area (Å²) >= 11 is 0. The van der Waals surface area contributed by atoms with Gasteiger partial charge in [0.2, 0.25) is 0 Å². The van der Waals surface area contributed by atoms with Gasteiger partial charge < -0.3 is 10.2 Å². The molecule has 6 atom stereocenters. The Labute approximate surface area is 171 Å². The Morgan fingerprint density at radius 2 is 2.07 bits per heavy atom. The lowest BCUT2D eigenvalue weighted by molar-refractivity contribution is -0.169. The van der Waals surface area contributed by atoms with Gasteiger partial charge in [0, 0.05) is 30.2 Å². The smallest absolute Gasteiger partial charge is 0.190 e. The Kier molecular flexibility index (Phi) is 3.89. The predicted octanol–water partition coefficient (Wildman–Crippen LogP) is 2.07. The highest BCUT2D eigenvalue weighted by Crippen LogP contribution is 2.66. The second-order valence-corrected chi connectivity index (χ2v) is 10.3. The highest BCUT2D eigenvalue weighted by Gasteiger charge is 2.68. The molecule has 3 fully saturated rings. The number of fused-ring (bicyclic) bond motifs is 6. The molecule has 1 heterocycles. The molecule has 4 aliphatic rings. The van der Waals surface area contributed by atoms with Crippen LogP contribution in [0, 0.1) is 28.6 Å². The van der Waals surface area contributed by atoms with Crippen LogP contribution in [0.25, 0.3) is 6.08 Å². The molecular formula is C23H30N2O4. The van der Waals surface area contributed by atoms with Crippen LogP contribution in [0.3, 0.4) is 0 Å². The molecule has 0 aromatic carbocycles. The maximum absolute atomic E-state index is 13.6. The molecule has 0 saturated heterocycles. The lowest BCUT2D eigenvalue weighted by Gasteiger charge is -2.57. The number of carbonyl (C=O) groups excluding carboxylic acids is 2.